The molecule has 2 bridgehead atoms. The SMILES string of the molecule is CC1(CI)C[C@H]2CCCC(C2)OO1. The molecule has 1 saturated carbocycles. The van der Waals surface area contributed by atoms with Gasteiger partial charge >= 0.3 is 0 Å². The van der Waals surface area contributed by atoms with Gasteiger partial charge in [-0.25, -0.2) is 9.78 Å². The molecule has 2 fully saturated rings. The Morgan fingerprint density at radius 1 is 1.46 bits per heavy atom. The summed E-state index contributed by atoms with van der Waals surface area (Å²) in [6.07, 6.45) is 6.64. The molecule has 0 radical (unpaired) electrons. The van der Waals surface area contributed by atoms with Gasteiger partial charge in [0.1, 0.15) is 5.60 Å². The monoisotopic (exact) mass is 296 g/mol. The maximum absolute atomic E-state index is 5.55. The lowest BCUT2D eigenvalue weighted by Gasteiger charge is -2.26. The normalized spacial score (nSPS) is 45.7. The average molecular weight is 296 g/mol. The Bertz CT molecular complexity index is 186. The van der Waals surface area contributed by atoms with Crippen molar-refractivity contribution in [2.45, 2.75) is 50.7 Å². The van der Waals surface area contributed by atoms with Crippen LogP contribution in [0.3, 0.4) is 0 Å². The first-order valence-electron chi connectivity index (χ1n) is 5.12. The molecule has 0 aromatic heterocycles. The van der Waals surface area contributed by atoms with Crippen LogP contribution in [0.1, 0.15) is 39.0 Å². The van der Waals surface area contributed by atoms with Crippen molar-refractivity contribution in [1.82, 2.24) is 0 Å². The van der Waals surface area contributed by atoms with Crippen LogP contribution in [-0.2, 0) is 9.78 Å². The molecule has 1 saturated heterocycles. The van der Waals surface area contributed by atoms with Crippen molar-refractivity contribution in [3.8, 4) is 0 Å². The maximum Gasteiger partial charge on any atom is 0.110 e. The Morgan fingerprint density at radius 3 is 3.08 bits per heavy atom. The molecule has 3 heteroatoms. The van der Waals surface area contributed by atoms with E-state index in [2.05, 4.69) is 29.5 Å². The number of rotatable bonds is 1. The van der Waals surface area contributed by atoms with Crippen LogP contribution in [0.2, 0.25) is 0 Å². The second-order valence-corrected chi connectivity index (χ2v) is 5.38. The molecule has 3 atom stereocenters. The standard InChI is InChI=1S/C10H17IO2/c1-10(7-11)6-8-3-2-4-9(5-8)12-13-10/h8-9H,2-7H2,1H3/t8-,9?,10?/m0/s1. The number of alkyl halides is 1. The second kappa shape index (κ2) is 4.03. The fourth-order valence-corrected chi connectivity index (χ4v) is 2.86. The lowest BCUT2D eigenvalue weighted by molar-refractivity contribution is -0.368. The van der Waals surface area contributed by atoms with Crippen molar-refractivity contribution < 1.29 is 9.78 Å². The highest BCUT2D eigenvalue weighted by Crippen LogP contribution is 2.38. The molecule has 0 aromatic carbocycles. The van der Waals surface area contributed by atoms with Crippen molar-refractivity contribution in [1.29, 1.82) is 0 Å². The molecule has 2 aliphatic rings. The van der Waals surface area contributed by atoms with E-state index in [1.54, 1.807) is 0 Å². The van der Waals surface area contributed by atoms with Gasteiger partial charge in [-0.3, -0.25) is 0 Å². The average Bonchev–Trinajstić information content (AvgIpc) is 2.25. The summed E-state index contributed by atoms with van der Waals surface area (Å²) in [5, 5.41) is 0. The van der Waals surface area contributed by atoms with Gasteiger partial charge in [0.25, 0.3) is 0 Å². The third kappa shape index (κ3) is 2.36. The van der Waals surface area contributed by atoms with E-state index in [1.165, 1.54) is 32.1 Å². The zero-order valence-electron chi connectivity index (χ0n) is 8.09. The summed E-state index contributed by atoms with van der Waals surface area (Å²) >= 11 is 2.39. The van der Waals surface area contributed by atoms with Crippen molar-refractivity contribution >= 4 is 22.6 Å². The number of hydrogen-bond acceptors (Lipinski definition) is 2. The molecule has 2 unspecified atom stereocenters. The minimum atomic E-state index is -0.0374. The zero-order chi connectivity index (χ0) is 9.31. The molecule has 2 rings (SSSR count). The molecule has 1 aliphatic heterocycles. The summed E-state index contributed by atoms with van der Waals surface area (Å²) in [6, 6.07) is 0. The van der Waals surface area contributed by atoms with Crippen molar-refractivity contribution in [2.24, 2.45) is 5.92 Å². The predicted molar refractivity (Wildman–Crippen MR) is 59.8 cm³/mol. The Labute approximate surface area is 93.4 Å². The Morgan fingerprint density at radius 2 is 2.31 bits per heavy atom. The van der Waals surface area contributed by atoms with Gasteiger partial charge in [0, 0.05) is 4.43 Å². The van der Waals surface area contributed by atoms with E-state index in [0.717, 1.165) is 10.3 Å². The molecule has 13 heavy (non-hydrogen) atoms. The Balaban J connectivity index is 2.05. The molecule has 0 amide bonds. The molecule has 0 N–H and O–H groups in total. The van der Waals surface area contributed by atoms with Gasteiger partial charge in [0.2, 0.25) is 0 Å². The highest BCUT2D eigenvalue weighted by atomic mass is 127. The number of halogens is 1. The third-order valence-corrected chi connectivity index (χ3v) is 4.74. The van der Waals surface area contributed by atoms with Gasteiger partial charge < -0.3 is 0 Å². The molecule has 2 nitrogen and oxygen atoms in total. The van der Waals surface area contributed by atoms with Gasteiger partial charge in [-0.15, -0.1) is 0 Å². The summed E-state index contributed by atoms with van der Waals surface area (Å²) in [4.78, 5) is 11.0. The van der Waals surface area contributed by atoms with E-state index in [4.69, 9.17) is 9.78 Å². The van der Waals surface area contributed by atoms with Crippen molar-refractivity contribution in [3.05, 3.63) is 0 Å². The maximum atomic E-state index is 5.55. The van der Waals surface area contributed by atoms with Gasteiger partial charge in [-0.1, -0.05) is 35.4 Å². The molecule has 76 valence electrons. The molecular weight excluding hydrogens is 279 g/mol. The highest BCUT2D eigenvalue weighted by molar-refractivity contribution is 14.1. The van der Waals surface area contributed by atoms with Crippen LogP contribution >= 0.6 is 22.6 Å². The summed E-state index contributed by atoms with van der Waals surface area (Å²) in [5.41, 5.74) is -0.0374. The van der Waals surface area contributed by atoms with Crippen LogP contribution in [0.5, 0.6) is 0 Å². The summed E-state index contributed by atoms with van der Waals surface area (Å²) in [6.45, 7) is 2.17. The van der Waals surface area contributed by atoms with Gasteiger partial charge in [-0.05, 0) is 32.1 Å². The fourth-order valence-electron chi connectivity index (χ4n) is 2.42. The molecule has 0 aromatic rings. The quantitative estimate of drug-likeness (QED) is 0.420. The third-order valence-electron chi connectivity index (χ3n) is 3.12. The van der Waals surface area contributed by atoms with Crippen LogP contribution in [-0.4, -0.2) is 16.1 Å². The first-order chi connectivity index (χ1) is 6.22. The molecule has 0 spiro atoms. The predicted octanol–water partition coefficient (Wildman–Crippen LogP) is 3.09. The van der Waals surface area contributed by atoms with Crippen molar-refractivity contribution in [3.63, 3.8) is 0 Å². The minimum absolute atomic E-state index is 0.0374. The molecule has 1 aliphatic carbocycles. The molecule has 1 heterocycles. The number of fused-ring (bicyclic) bond motifs is 2. The Kier molecular flexibility index (Phi) is 3.15. The first-order valence-corrected chi connectivity index (χ1v) is 6.65. The highest BCUT2D eigenvalue weighted by Gasteiger charge is 2.37. The zero-order valence-corrected chi connectivity index (χ0v) is 10.2. The van der Waals surface area contributed by atoms with Crippen LogP contribution < -0.4 is 0 Å². The van der Waals surface area contributed by atoms with Crippen LogP contribution in [0.4, 0.5) is 0 Å². The van der Waals surface area contributed by atoms with Crippen LogP contribution in [0.15, 0.2) is 0 Å². The lowest BCUT2D eigenvalue weighted by atomic mass is 9.81. The van der Waals surface area contributed by atoms with E-state index < -0.39 is 0 Å². The lowest BCUT2D eigenvalue weighted by Crippen LogP contribution is -2.31. The minimum Gasteiger partial charge on any atom is -0.233 e. The summed E-state index contributed by atoms with van der Waals surface area (Å²) in [7, 11) is 0. The van der Waals surface area contributed by atoms with Gasteiger partial charge in [0.15, 0.2) is 0 Å². The summed E-state index contributed by atoms with van der Waals surface area (Å²) < 4.78 is 1.02. The summed E-state index contributed by atoms with van der Waals surface area (Å²) in [5.74, 6) is 0.834. The fraction of sp³-hybridized carbons (Fsp3) is 1.00. The van der Waals surface area contributed by atoms with E-state index in [-0.39, 0.29) is 5.60 Å². The Hall–Kier alpha value is 0.650. The number of hydrogen-bond donors (Lipinski definition) is 0. The second-order valence-electron chi connectivity index (χ2n) is 4.62. The van der Waals surface area contributed by atoms with Crippen LogP contribution in [0.25, 0.3) is 0 Å². The topological polar surface area (TPSA) is 18.5 Å². The van der Waals surface area contributed by atoms with E-state index in [9.17, 15) is 0 Å². The van der Waals surface area contributed by atoms with Crippen LogP contribution in [0, 0.1) is 5.92 Å². The smallest absolute Gasteiger partial charge is 0.110 e. The first kappa shape index (κ1) is 10.2. The molecular formula is C10H17IO2. The van der Waals surface area contributed by atoms with Gasteiger partial charge in [0.05, 0.1) is 6.10 Å². The van der Waals surface area contributed by atoms with Gasteiger partial charge in [-0.2, -0.15) is 0 Å². The van der Waals surface area contributed by atoms with Crippen molar-refractivity contribution in [2.75, 3.05) is 4.43 Å². The van der Waals surface area contributed by atoms with E-state index >= 15 is 0 Å². The van der Waals surface area contributed by atoms with E-state index in [0.29, 0.717) is 6.10 Å². The van der Waals surface area contributed by atoms with E-state index in [1.807, 2.05) is 0 Å². The largest absolute Gasteiger partial charge is 0.233 e.